The van der Waals surface area contributed by atoms with Crippen LogP contribution in [0.4, 0.5) is 14.7 Å². The van der Waals surface area contributed by atoms with Gasteiger partial charge in [0.1, 0.15) is 0 Å². The van der Waals surface area contributed by atoms with Crippen molar-refractivity contribution in [3.05, 3.63) is 57.0 Å². The third-order valence-electron chi connectivity index (χ3n) is 4.42. The standard InChI is InChI=1S/C17H18F2N4O2/c1-10-11(2)20-17(21-15(10)24)23-7-5-22(6-8-23)16(25)12-3-4-13(18)14(19)9-12/h3-4,9H,5-8H2,1-2H3,(H,20,21,24). The fourth-order valence-electron chi connectivity index (χ4n) is 2.71. The molecule has 0 atom stereocenters. The minimum Gasteiger partial charge on any atom is -0.339 e. The number of amides is 1. The number of anilines is 1. The number of piperazine rings is 1. The summed E-state index contributed by atoms with van der Waals surface area (Å²) in [5.41, 5.74) is 1.18. The van der Waals surface area contributed by atoms with Gasteiger partial charge in [0.05, 0.1) is 0 Å². The largest absolute Gasteiger partial charge is 0.339 e. The van der Waals surface area contributed by atoms with Crippen LogP contribution in [0.3, 0.4) is 0 Å². The molecule has 132 valence electrons. The Morgan fingerprint density at radius 3 is 2.40 bits per heavy atom. The van der Waals surface area contributed by atoms with Crippen molar-refractivity contribution >= 4 is 11.9 Å². The Kier molecular flexibility index (Phi) is 4.52. The van der Waals surface area contributed by atoms with E-state index >= 15 is 0 Å². The molecule has 0 radical (unpaired) electrons. The highest BCUT2D eigenvalue weighted by Crippen LogP contribution is 2.15. The number of nitrogens with one attached hydrogen (secondary N) is 1. The minimum atomic E-state index is -1.04. The zero-order valence-corrected chi connectivity index (χ0v) is 14.0. The number of carbonyl (C=O) groups is 1. The Labute approximate surface area is 143 Å². The maximum atomic E-state index is 13.3. The number of aromatic amines is 1. The van der Waals surface area contributed by atoms with Gasteiger partial charge in [0.2, 0.25) is 5.95 Å². The molecule has 2 heterocycles. The highest BCUT2D eigenvalue weighted by Gasteiger charge is 2.24. The second kappa shape index (κ2) is 6.62. The first-order chi connectivity index (χ1) is 11.9. The first-order valence-electron chi connectivity index (χ1n) is 7.93. The Morgan fingerprint density at radius 1 is 1.12 bits per heavy atom. The van der Waals surface area contributed by atoms with Crippen molar-refractivity contribution < 1.29 is 13.6 Å². The van der Waals surface area contributed by atoms with Crippen molar-refractivity contribution in [2.24, 2.45) is 0 Å². The number of rotatable bonds is 2. The average Bonchev–Trinajstić information content (AvgIpc) is 2.61. The molecule has 1 aliphatic heterocycles. The van der Waals surface area contributed by atoms with E-state index in [9.17, 15) is 18.4 Å². The van der Waals surface area contributed by atoms with Gasteiger partial charge in [0, 0.05) is 43.0 Å². The predicted octanol–water partition coefficient (Wildman–Crippen LogP) is 1.63. The maximum absolute atomic E-state index is 13.3. The van der Waals surface area contributed by atoms with Gasteiger partial charge in [-0.1, -0.05) is 0 Å². The highest BCUT2D eigenvalue weighted by molar-refractivity contribution is 5.94. The number of carbonyl (C=O) groups excluding carboxylic acids is 1. The molecule has 1 saturated heterocycles. The maximum Gasteiger partial charge on any atom is 0.255 e. The summed E-state index contributed by atoms with van der Waals surface area (Å²) in [5, 5.41) is 0. The average molecular weight is 348 g/mol. The van der Waals surface area contributed by atoms with E-state index in [1.54, 1.807) is 18.7 Å². The van der Waals surface area contributed by atoms with Gasteiger partial charge in [-0.25, -0.2) is 13.8 Å². The van der Waals surface area contributed by atoms with Crippen LogP contribution in [0.2, 0.25) is 0 Å². The van der Waals surface area contributed by atoms with Crippen LogP contribution in [-0.4, -0.2) is 47.0 Å². The Hall–Kier alpha value is -2.77. The first-order valence-corrected chi connectivity index (χ1v) is 7.93. The van der Waals surface area contributed by atoms with Crippen LogP contribution >= 0.6 is 0 Å². The number of nitrogens with zero attached hydrogens (tertiary/aromatic N) is 3. The SMILES string of the molecule is Cc1nc(N2CCN(C(=O)c3ccc(F)c(F)c3)CC2)[nH]c(=O)c1C. The number of H-pyrrole nitrogens is 1. The third-order valence-corrected chi connectivity index (χ3v) is 4.42. The lowest BCUT2D eigenvalue weighted by molar-refractivity contribution is 0.0745. The van der Waals surface area contributed by atoms with Crippen LogP contribution in [0.1, 0.15) is 21.6 Å². The van der Waals surface area contributed by atoms with Crippen molar-refractivity contribution in [1.82, 2.24) is 14.9 Å². The van der Waals surface area contributed by atoms with E-state index in [0.29, 0.717) is 43.4 Å². The van der Waals surface area contributed by atoms with Crippen LogP contribution in [0.25, 0.3) is 0 Å². The number of aromatic nitrogens is 2. The summed E-state index contributed by atoms with van der Waals surface area (Å²) >= 11 is 0. The van der Waals surface area contributed by atoms with Gasteiger partial charge in [-0.05, 0) is 32.0 Å². The Morgan fingerprint density at radius 2 is 1.80 bits per heavy atom. The smallest absolute Gasteiger partial charge is 0.255 e. The number of hydrogen-bond acceptors (Lipinski definition) is 4. The molecule has 0 aliphatic carbocycles. The first kappa shape index (κ1) is 17.1. The zero-order chi connectivity index (χ0) is 18.1. The summed E-state index contributed by atoms with van der Waals surface area (Å²) in [5.74, 6) is -1.89. The quantitative estimate of drug-likeness (QED) is 0.896. The summed E-state index contributed by atoms with van der Waals surface area (Å²) in [6.07, 6.45) is 0. The topological polar surface area (TPSA) is 69.3 Å². The van der Waals surface area contributed by atoms with E-state index in [0.717, 1.165) is 12.1 Å². The summed E-state index contributed by atoms with van der Waals surface area (Å²) in [4.78, 5) is 34.9. The molecule has 25 heavy (non-hydrogen) atoms. The van der Waals surface area contributed by atoms with E-state index in [1.165, 1.54) is 6.07 Å². The molecule has 3 rings (SSSR count). The van der Waals surface area contributed by atoms with E-state index in [-0.39, 0.29) is 17.0 Å². The van der Waals surface area contributed by atoms with Gasteiger partial charge in [-0.15, -0.1) is 0 Å². The summed E-state index contributed by atoms with van der Waals surface area (Å²) in [7, 11) is 0. The zero-order valence-electron chi connectivity index (χ0n) is 14.0. The monoisotopic (exact) mass is 348 g/mol. The van der Waals surface area contributed by atoms with E-state index in [2.05, 4.69) is 9.97 Å². The second-order valence-electron chi connectivity index (χ2n) is 6.01. The Bertz CT molecular complexity index is 873. The molecule has 6 nitrogen and oxygen atoms in total. The molecular formula is C17H18F2N4O2. The molecule has 1 aliphatic rings. The molecule has 1 aromatic heterocycles. The number of benzene rings is 1. The normalized spacial score (nSPS) is 14.7. The van der Waals surface area contributed by atoms with E-state index in [1.807, 2.05) is 4.90 Å². The van der Waals surface area contributed by atoms with Gasteiger partial charge >= 0.3 is 0 Å². The molecule has 0 bridgehead atoms. The molecule has 0 unspecified atom stereocenters. The van der Waals surface area contributed by atoms with Gasteiger partial charge in [-0.2, -0.15) is 0 Å². The van der Waals surface area contributed by atoms with Crippen molar-refractivity contribution in [3.8, 4) is 0 Å². The van der Waals surface area contributed by atoms with Gasteiger partial charge in [-0.3, -0.25) is 14.6 Å². The molecule has 1 fully saturated rings. The lowest BCUT2D eigenvalue weighted by Crippen LogP contribution is -2.49. The summed E-state index contributed by atoms with van der Waals surface area (Å²) < 4.78 is 26.3. The lowest BCUT2D eigenvalue weighted by atomic mass is 10.1. The fraction of sp³-hybridized carbons (Fsp3) is 0.353. The molecule has 1 N–H and O–H groups in total. The molecule has 1 aromatic carbocycles. The molecule has 2 aromatic rings. The summed E-state index contributed by atoms with van der Waals surface area (Å²) in [6, 6.07) is 3.13. The van der Waals surface area contributed by atoms with Crippen LogP contribution in [0.15, 0.2) is 23.0 Å². The lowest BCUT2D eigenvalue weighted by Gasteiger charge is -2.35. The molecule has 0 saturated carbocycles. The van der Waals surface area contributed by atoms with Crippen molar-refractivity contribution in [3.63, 3.8) is 0 Å². The van der Waals surface area contributed by atoms with Crippen LogP contribution in [0.5, 0.6) is 0 Å². The molecule has 0 spiro atoms. The van der Waals surface area contributed by atoms with Gasteiger partial charge < -0.3 is 9.80 Å². The number of aryl methyl sites for hydroxylation is 1. The van der Waals surface area contributed by atoms with Crippen LogP contribution in [-0.2, 0) is 0 Å². The number of halogens is 2. The second-order valence-corrected chi connectivity index (χ2v) is 6.01. The van der Waals surface area contributed by atoms with Crippen molar-refractivity contribution in [2.45, 2.75) is 13.8 Å². The molecule has 1 amide bonds. The van der Waals surface area contributed by atoms with Crippen molar-refractivity contribution in [1.29, 1.82) is 0 Å². The third kappa shape index (κ3) is 3.38. The molecular weight excluding hydrogens is 330 g/mol. The van der Waals surface area contributed by atoms with E-state index in [4.69, 9.17) is 0 Å². The van der Waals surface area contributed by atoms with Gasteiger partial charge in [0.25, 0.3) is 11.5 Å². The molecule has 8 heteroatoms. The van der Waals surface area contributed by atoms with Gasteiger partial charge in [0.15, 0.2) is 11.6 Å². The fourth-order valence-corrected chi connectivity index (χ4v) is 2.71. The number of hydrogen-bond donors (Lipinski definition) is 1. The van der Waals surface area contributed by atoms with Crippen LogP contribution < -0.4 is 10.5 Å². The predicted molar refractivity (Wildman–Crippen MR) is 88.8 cm³/mol. The summed E-state index contributed by atoms with van der Waals surface area (Å²) in [6.45, 7) is 5.25. The minimum absolute atomic E-state index is 0.116. The Balaban J connectivity index is 1.70. The van der Waals surface area contributed by atoms with E-state index < -0.39 is 11.6 Å². The van der Waals surface area contributed by atoms with Crippen LogP contribution in [0, 0.1) is 25.5 Å². The van der Waals surface area contributed by atoms with Crippen molar-refractivity contribution in [2.75, 3.05) is 31.1 Å². The highest BCUT2D eigenvalue weighted by atomic mass is 19.2.